The average Bonchev–Trinajstić information content (AvgIpc) is 3.08. The Kier molecular flexibility index (Phi) is 4.99. The lowest BCUT2D eigenvalue weighted by Gasteiger charge is -2.09. The van der Waals surface area contributed by atoms with Crippen molar-refractivity contribution in [2.24, 2.45) is 0 Å². The van der Waals surface area contributed by atoms with Crippen LogP contribution in [0.15, 0.2) is 54.6 Å². The molecule has 130 valence electrons. The van der Waals surface area contributed by atoms with Gasteiger partial charge in [-0.3, -0.25) is 0 Å². The fourth-order valence-electron chi connectivity index (χ4n) is 2.64. The number of hydrogen-bond donors (Lipinski definition) is 0. The highest BCUT2D eigenvalue weighted by Crippen LogP contribution is 2.29. The van der Waals surface area contributed by atoms with Crippen molar-refractivity contribution < 1.29 is 14.3 Å². The number of methoxy groups -OCH3 is 1. The average molecular weight is 347 g/mol. The Morgan fingerprint density at radius 2 is 1.85 bits per heavy atom. The Balaban J connectivity index is 2.24. The Morgan fingerprint density at radius 1 is 1.15 bits per heavy atom. The van der Waals surface area contributed by atoms with Crippen LogP contribution in [-0.2, 0) is 4.74 Å². The van der Waals surface area contributed by atoms with Crippen LogP contribution in [0, 0.1) is 11.3 Å². The van der Waals surface area contributed by atoms with Crippen LogP contribution < -0.4 is 4.74 Å². The molecule has 0 radical (unpaired) electrons. The number of benzene rings is 2. The van der Waals surface area contributed by atoms with Crippen LogP contribution in [-0.4, -0.2) is 29.5 Å². The van der Waals surface area contributed by atoms with Crippen LogP contribution >= 0.6 is 0 Å². The minimum Gasteiger partial charge on any atom is -0.497 e. The number of carbonyl (C=O) groups excluding carboxylic acids is 1. The molecule has 2 aromatic carbocycles. The molecule has 1 aromatic heterocycles. The van der Waals surface area contributed by atoms with Gasteiger partial charge in [0.2, 0.25) is 0 Å². The highest BCUT2D eigenvalue weighted by Gasteiger charge is 2.25. The zero-order valence-electron chi connectivity index (χ0n) is 14.5. The molecule has 0 aliphatic heterocycles. The summed E-state index contributed by atoms with van der Waals surface area (Å²) in [5.74, 6) is 0.0850. The zero-order valence-corrected chi connectivity index (χ0v) is 14.5. The van der Waals surface area contributed by atoms with Gasteiger partial charge in [-0.2, -0.15) is 10.4 Å². The molecule has 0 spiro atoms. The number of nitriles is 1. The Bertz CT molecular complexity index is 954. The zero-order chi connectivity index (χ0) is 18.5. The molecule has 26 heavy (non-hydrogen) atoms. The Hall–Kier alpha value is -3.59. The van der Waals surface area contributed by atoms with E-state index in [9.17, 15) is 10.1 Å². The van der Waals surface area contributed by atoms with E-state index in [0.29, 0.717) is 17.1 Å². The summed E-state index contributed by atoms with van der Waals surface area (Å²) < 4.78 is 11.8. The van der Waals surface area contributed by atoms with Gasteiger partial charge in [0, 0.05) is 5.56 Å². The molecule has 0 saturated carbocycles. The first-order valence-electron chi connectivity index (χ1n) is 8.09. The molecular weight excluding hydrogens is 330 g/mol. The molecule has 3 rings (SSSR count). The molecule has 6 nitrogen and oxygen atoms in total. The van der Waals surface area contributed by atoms with Crippen LogP contribution in [0.3, 0.4) is 0 Å². The normalized spacial score (nSPS) is 10.2. The lowest BCUT2D eigenvalue weighted by atomic mass is 10.1. The van der Waals surface area contributed by atoms with E-state index < -0.39 is 5.97 Å². The number of aromatic nitrogens is 2. The van der Waals surface area contributed by atoms with Gasteiger partial charge in [0.15, 0.2) is 5.69 Å². The van der Waals surface area contributed by atoms with Crippen molar-refractivity contribution >= 4 is 5.97 Å². The maximum Gasteiger partial charge on any atom is 0.360 e. The summed E-state index contributed by atoms with van der Waals surface area (Å²) in [4.78, 5) is 12.3. The molecule has 0 aliphatic rings. The molecule has 0 aliphatic carbocycles. The standard InChI is InChI=1S/C20H17N3O3/c1-3-26-20(24)18-17(13-21)19(14-7-5-4-6-8-14)23(22-18)15-9-11-16(25-2)12-10-15/h4-12H,3H2,1-2H3. The molecule has 3 aromatic rings. The van der Waals surface area contributed by atoms with Gasteiger partial charge >= 0.3 is 5.97 Å². The second-order valence-electron chi connectivity index (χ2n) is 5.38. The Morgan fingerprint density at radius 3 is 2.42 bits per heavy atom. The molecule has 0 N–H and O–H groups in total. The fraction of sp³-hybridized carbons (Fsp3) is 0.150. The third kappa shape index (κ3) is 3.15. The number of rotatable bonds is 5. The Labute approximate surface area is 151 Å². The molecule has 0 saturated heterocycles. The third-order valence-corrected chi connectivity index (χ3v) is 3.83. The van der Waals surface area contributed by atoms with E-state index in [-0.39, 0.29) is 17.9 Å². The summed E-state index contributed by atoms with van der Waals surface area (Å²) >= 11 is 0. The SMILES string of the molecule is CCOC(=O)c1nn(-c2ccc(OC)cc2)c(-c2ccccc2)c1C#N. The van der Waals surface area contributed by atoms with E-state index in [1.807, 2.05) is 42.5 Å². The van der Waals surface area contributed by atoms with E-state index in [1.54, 1.807) is 30.8 Å². The number of ether oxygens (including phenoxy) is 2. The van der Waals surface area contributed by atoms with Crippen LogP contribution in [0.1, 0.15) is 23.0 Å². The highest BCUT2D eigenvalue weighted by atomic mass is 16.5. The second kappa shape index (κ2) is 7.53. The van der Waals surface area contributed by atoms with Crippen LogP contribution in [0.2, 0.25) is 0 Å². The summed E-state index contributed by atoms with van der Waals surface area (Å²) in [5, 5.41) is 14.1. The van der Waals surface area contributed by atoms with Gasteiger partial charge in [-0.15, -0.1) is 0 Å². The van der Waals surface area contributed by atoms with Crippen molar-refractivity contribution in [2.45, 2.75) is 6.92 Å². The van der Waals surface area contributed by atoms with E-state index in [1.165, 1.54) is 0 Å². The first kappa shape index (κ1) is 17.2. The summed E-state index contributed by atoms with van der Waals surface area (Å²) in [7, 11) is 1.59. The van der Waals surface area contributed by atoms with Crippen molar-refractivity contribution in [3.8, 4) is 28.8 Å². The van der Waals surface area contributed by atoms with Gasteiger partial charge in [-0.25, -0.2) is 9.48 Å². The summed E-state index contributed by atoms with van der Waals surface area (Å²) in [5.41, 5.74) is 2.22. The smallest absolute Gasteiger partial charge is 0.360 e. The third-order valence-electron chi connectivity index (χ3n) is 3.83. The second-order valence-corrected chi connectivity index (χ2v) is 5.38. The van der Waals surface area contributed by atoms with E-state index in [2.05, 4.69) is 11.2 Å². The molecule has 0 bridgehead atoms. The van der Waals surface area contributed by atoms with Crippen molar-refractivity contribution in [1.82, 2.24) is 9.78 Å². The molecule has 1 heterocycles. The van der Waals surface area contributed by atoms with Gasteiger partial charge in [-0.1, -0.05) is 30.3 Å². The van der Waals surface area contributed by atoms with E-state index >= 15 is 0 Å². The van der Waals surface area contributed by atoms with E-state index in [4.69, 9.17) is 9.47 Å². The largest absolute Gasteiger partial charge is 0.497 e. The lowest BCUT2D eigenvalue weighted by Crippen LogP contribution is -2.08. The number of hydrogen-bond acceptors (Lipinski definition) is 5. The maximum atomic E-state index is 12.3. The minimum atomic E-state index is -0.617. The quantitative estimate of drug-likeness (QED) is 0.659. The predicted molar refractivity (Wildman–Crippen MR) is 96.2 cm³/mol. The van der Waals surface area contributed by atoms with Gasteiger partial charge in [-0.05, 0) is 31.2 Å². The molecule has 0 unspecified atom stereocenters. The van der Waals surface area contributed by atoms with E-state index in [0.717, 1.165) is 5.56 Å². The lowest BCUT2D eigenvalue weighted by molar-refractivity contribution is 0.0518. The summed E-state index contributed by atoms with van der Waals surface area (Å²) in [6.45, 7) is 1.92. The minimum absolute atomic E-state index is 0.00372. The van der Waals surface area contributed by atoms with Crippen molar-refractivity contribution in [2.75, 3.05) is 13.7 Å². The summed E-state index contributed by atoms with van der Waals surface area (Å²) in [6.07, 6.45) is 0. The maximum absolute atomic E-state index is 12.3. The van der Waals surface area contributed by atoms with Gasteiger partial charge < -0.3 is 9.47 Å². The fourth-order valence-corrected chi connectivity index (χ4v) is 2.64. The molecule has 0 amide bonds. The number of nitrogens with zero attached hydrogens (tertiary/aromatic N) is 3. The van der Waals surface area contributed by atoms with Crippen molar-refractivity contribution in [3.63, 3.8) is 0 Å². The predicted octanol–water partition coefficient (Wildman–Crippen LogP) is 3.60. The highest BCUT2D eigenvalue weighted by molar-refractivity contribution is 5.93. The molecular formula is C20H17N3O3. The van der Waals surface area contributed by atoms with Gasteiger partial charge in [0.05, 0.1) is 25.1 Å². The first-order chi connectivity index (χ1) is 12.7. The van der Waals surface area contributed by atoms with Crippen LogP contribution in [0.25, 0.3) is 16.9 Å². The molecule has 0 atom stereocenters. The summed E-state index contributed by atoms with van der Waals surface area (Å²) in [6, 6.07) is 18.7. The molecule has 6 heteroatoms. The van der Waals surface area contributed by atoms with Gasteiger partial charge in [0.1, 0.15) is 17.4 Å². The number of esters is 1. The van der Waals surface area contributed by atoms with Crippen molar-refractivity contribution in [3.05, 3.63) is 65.9 Å². The topological polar surface area (TPSA) is 77.1 Å². The number of carbonyl (C=O) groups is 1. The van der Waals surface area contributed by atoms with Crippen molar-refractivity contribution in [1.29, 1.82) is 5.26 Å². The van der Waals surface area contributed by atoms with Gasteiger partial charge in [0.25, 0.3) is 0 Å². The van der Waals surface area contributed by atoms with Crippen LogP contribution in [0.5, 0.6) is 5.75 Å². The van der Waals surface area contributed by atoms with Crippen LogP contribution in [0.4, 0.5) is 0 Å². The molecule has 0 fully saturated rings. The monoisotopic (exact) mass is 347 g/mol. The first-order valence-corrected chi connectivity index (χ1v) is 8.09.